The topological polar surface area (TPSA) is 78.3 Å². The van der Waals surface area contributed by atoms with Crippen LogP contribution in [0.4, 0.5) is 5.95 Å². The highest BCUT2D eigenvalue weighted by molar-refractivity contribution is 9.10. The van der Waals surface area contributed by atoms with E-state index in [-0.39, 0.29) is 5.97 Å². The molecule has 36 heavy (non-hydrogen) atoms. The van der Waals surface area contributed by atoms with E-state index in [1.165, 1.54) is 0 Å². The second kappa shape index (κ2) is 12.5. The Balaban J connectivity index is 1.76. The van der Waals surface area contributed by atoms with Crippen LogP contribution >= 0.6 is 27.7 Å². The molecular formula is C27H31BrN4O3S. The van der Waals surface area contributed by atoms with Gasteiger partial charge in [0.2, 0.25) is 11.1 Å². The molecule has 9 heteroatoms. The summed E-state index contributed by atoms with van der Waals surface area (Å²) in [5, 5.41) is 8.76. The highest BCUT2D eigenvalue weighted by atomic mass is 79.9. The van der Waals surface area contributed by atoms with Crippen molar-refractivity contribution in [3.05, 3.63) is 75.4 Å². The zero-order valence-electron chi connectivity index (χ0n) is 20.8. The Morgan fingerprint density at radius 3 is 2.72 bits per heavy atom. The summed E-state index contributed by atoms with van der Waals surface area (Å²) in [7, 11) is 0. The van der Waals surface area contributed by atoms with Gasteiger partial charge in [0, 0.05) is 21.5 Å². The molecular weight excluding hydrogens is 540 g/mol. The lowest BCUT2D eigenvalue weighted by Gasteiger charge is -2.29. The Hall–Kier alpha value is -2.78. The van der Waals surface area contributed by atoms with Crippen LogP contribution in [-0.2, 0) is 16.1 Å². The number of hydrogen-bond acceptors (Lipinski definition) is 7. The number of esters is 1. The van der Waals surface area contributed by atoms with E-state index in [4.69, 9.17) is 19.6 Å². The lowest BCUT2D eigenvalue weighted by molar-refractivity contribution is -0.139. The second-order valence-corrected chi connectivity index (χ2v) is 10.5. The van der Waals surface area contributed by atoms with Crippen molar-refractivity contribution >= 4 is 39.6 Å². The first-order valence-electron chi connectivity index (χ1n) is 12.2. The molecule has 0 saturated carbocycles. The van der Waals surface area contributed by atoms with Crippen LogP contribution < -0.4 is 10.1 Å². The van der Waals surface area contributed by atoms with E-state index in [1.54, 1.807) is 16.4 Å². The molecule has 0 amide bonds. The summed E-state index contributed by atoms with van der Waals surface area (Å²) in [6, 6.07) is 15.3. The number of rotatable bonds is 11. The van der Waals surface area contributed by atoms with E-state index in [0.717, 1.165) is 40.6 Å². The number of nitrogens with zero attached hydrogens (tertiary/aromatic N) is 3. The maximum Gasteiger partial charge on any atom is 0.338 e. The molecule has 1 aliphatic rings. The quantitative estimate of drug-likeness (QED) is 0.155. The number of fused-ring (bicyclic) bond motifs is 1. The molecule has 1 atom stereocenters. The molecule has 0 aliphatic carbocycles. The number of halogens is 1. The summed E-state index contributed by atoms with van der Waals surface area (Å²) < 4.78 is 14.5. The molecule has 7 nitrogen and oxygen atoms in total. The van der Waals surface area contributed by atoms with Crippen LogP contribution in [0.2, 0.25) is 0 Å². The number of benzene rings is 2. The van der Waals surface area contributed by atoms with Crippen LogP contribution in [0.1, 0.15) is 57.2 Å². The van der Waals surface area contributed by atoms with Crippen LogP contribution in [0.15, 0.2) is 69.4 Å². The molecule has 1 unspecified atom stereocenters. The van der Waals surface area contributed by atoms with Gasteiger partial charge in [0.1, 0.15) is 18.4 Å². The van der Waals surface area contributed by atoms with Gasteiger partial charge in [-0.05, 0) is 43.5 Å². The minimum atomic E-state index is -0.554. The minimum absolute atomic E-state index is 0.348. The molecule has 3 aromatic rings. The Morgan fingerprint density at radius 1 is 1.17 bits per heavy atom. The number of aromatic nitrogens is 3. The highest BCUT2D eigenvalue weighted by Gasteiger charge is 2.37. The summed E-state index contributed by atoms with van der Waals surface area (Å²) in [6.07, 6.45) is 2.93. The van der Waals surface area contributed by atoms with Gasteiger partial charge in [0.25, 0.3) is 0 Å². The molecule has 0 saturated heterocycles. The predicted molar refractivity (Wildman–Crippen MR) is 146 cm³/mol. The molecule has 190 valence electrons. The molecule has 0 radical (unpaired) electrons. The van der Waals surface area contributed by atoms with E-state index in [2.05, 4.69) is 28.2 Å². The van der Waals surface area contributed by atoms with Gasteiger partial charge in [-0.25, -0.2) is 9.48 Å². The summed E-state index contributed by atoms with van der Waals surface area (Å²) in [4.78, 5) is 18.0. The molecule has 2 aromatic carbocycles. The van der Waals surface area contributed by atoms with Crippen LogP contribution in [0.3, 0.4) is 0 Å². The minimum Gasteiger partial charge on any atom is -0.489 e. The first-order chi connectivity index (χ1) is 17.5. The normalized spacial score (nSPS) is 14.8. The number of hydrogen-bond donors (Lipinski definition) is 1. The van der Waals surface area contributed by atoms with Gasteiger partial charge in [0.15, 0.2) is 0 Å². The van der Waals surface area contributed by atoms with Gasteiger partial charge >= 0.3 is 5.97 Å². The standard InChI is InChI=1S/C27H31BrN4O3S/c1-4-6-15-36-27-30-26-29-18(3)23(25(33)34-14-5-2)24(32(26)31-27)21-16-20(28)12-13-22(21)35-17-19-10-8-7-9-11-19/h7-13,16,24H,4-6,14-15,17H2,1-3H3,(H,29,30,31). The number of carbonyl (C=O) groups is 1. The fourth-order valence-corrected chi connectivity index (χ4v) is 5.22. The molecule has 1 aromatic heterocycles. The van der Waals surface area contributed by atoms with E-state index in [0.29, 0.717) is 41.3 Å². The number of carbonyl (C=O) groups excluding carboxylic acids is 1. The largest absolute Gasteiger partial charge is 0.489 e. The maximum absolute atomic E-state index is 13.3. The lowest BCUT2D eigenvalue weighted by Crippen LogP contribution is -2.30. The number of unbranched alkanes of at least 4 members (excludes halogenated alkanes) is 1. The number of thioether (sulfide) groups is 1. The van der Waals surface area contributed by atoms with Crippen molar-refractivity contribution in [3.8, 4) is 5.75 Å². The highest BCUT2D eigenvalue weighted by Crippen LogP contribution is 2.41. The van der Waals surface area contributed by atoms with Gasteiger partial charge in [0.05, 0.1) is 12.2 Å². The van der Waals surface area contributed by atoms with Crippen LogP contribution in [0.25, 0.3) is 0 Å². The van der Waals surface area contributed by atoms with Crippen molar-refractivity contribution in [1.29, 1.82) is 0 Å². The van der Waals surface area contributed by atoms with E-state index in [9.17, 15) is 4.79 Å². The van der Waals surface area contributed by atoms with Gasteiger partial charge in [-0.2, -0.15) is 4.98 Å². The molecule has 0 bridgehead atoms. The van der Waals surface area contributed by atoms with Crippen molar-refractivity contribution in [3.63, 3.8) is 0 Å². The maximum atomic E-state index is 13.3. The second-order valence-electron chi connectivity index (χ2n) is 8.52. The van der Waals surface area contributed by atoms with Crippen molar-refractivity contribution in [1.82, 2.24) is 14.8 Å². The fraction of sp³-hybridized carbons (Fsp3) is 0.370. The Morgan fingerprint density at radius 2 is 1.97 bits per heavy atom. The zero-order chi connectivity index (χ0) is 25.5. The lowest BCUT2D eigenvalue weighted by atomic mass is 9.95. The van der Waals surface area contributed by atoms with Crippen molar-refractivity contribution in [2.75, 3.05) is 17.7 Å². The Bertz CT molecular complexity index is 1230. The third-order valence-electron chi connectivity index (χ3n) is 5.72. The summed E-state index contributed by atoms with van der Waals surface area (Å²) in [5.41, 5.74) is 3.05. The number of allylic oxidation sites excluding steroid dienone is 1. The fourth-order valence-electron chi connectivity index (χ4n) is 3.92. The summed E-state index contributed by atoms with van der Waals surface area (Å²) in [5.74, 6) is 1.83. The van der Waals surface area contributed by atoms with Crippen LogP contribution in [0, 0.1) is 0 Å². The van der Waals surface area contributed by atoms with Crippen molar-refractivity contribution < 1.29 is 14.3 Å². The molecule has 0 spiro atoms. The SMILES string of the molecule is CCCCSc1nc2n(n1)C(c1cc(Br)ccc1OCc1ccccc1)C(C(=O)OCCC)=C(C)N2. The van der Waals surface area contributed by atoms with E-state index >= 15 is 0 Å². The zero-order valence-corrected chi connectivity index (χ0v) is 23.2. The van der Waals surface area contributed by atoms with Crippen LogP contribution in [0.5, 0.6) is 5.75 Å². The number of ether oxygens (including phenoxy) is 2. The third kappa shape index (κ3) is 6.13. The van der Waals surface area contributed by atoms with Gasteiger partial charge in [-0.1, -0.05) is 78.3 Å². The first-order valence-corrected chi connectivity index (χ1v) is 14.0. The molecule has 1 N–H and O–H groups in total. The first kappa shape index (κ1) is 26.3. The Labute approximate surface area is 224 Å². The molecule has 0 fully saturated rings. The van der Waals surface area contributed by atoms with Crippen molar-refractivity contribution in [2.24, 2.45) is 0 Å². The predicted octanol–water partition coefficient (Wildman–Crippen LogP) is 6.75. The van der Waals surface area contributed by atoms with Gasteiger partial charge < -0.3 is 14.8 Å². The smallest absolute Gasteiger partial charge is 0.338 e. The number of anilines is 1. The van der Waals surface area contributed by atoms with Crippen LogP contribution in [-0.4, -0.2) is 33.1 Å². The molecule has 2 heterocycles. The number of nitrogens with one attached hydrogen (secondary N) is 1. The average molecular weight is 572 g/mol. The van der Waals surface area contributed by atoms with Gasteiger partial charge in [-0.15, -0.1) is 5.10 Å². The van der Waals surface area contributed by atoms with E-state index < -0.39 is 6.04 Å². The Kier molecular flexibility index (Phi) is 9.09. The average Bonchev–Trinajstić information content (AvgIpc) is 3.28. The molecule has 4 rings (SSSR count). The van der Waals surface area contributed by atoms with Gasteiger partial charge in [-0.3, -0.25) is 0 Å². The third-order valence-corrected chi connectivity index (χ3v) is 7.14. The summed E-state index contributed by atoms with van der Waals surface area (Å²) in [6.45, 7) is 6.77. The van der Waals surface area contributed by atoms with Crippen molar-refractivity contribution in [2.45, 2.75) is 57.8 Å². The monoisotopic (exact) mass is 570 g/mol. The van der Waals surface area contributed by atoms with E-state index in [1.807, 2.05) is 62.4 Å². The summed E-state index contributed by atoms with van der Waals surface area (Å²) >= 11 is 5.22. The molecule has 1 aliphatic heterocycles.